The standard InChI is InChI=1S/C27H28F3N7O3S2/c1-35-7-8-42(39,40)20-10-19(41-24(20)25(35)38)23-17(27(28,29)30)11-31-26(34-23)32-18-5-6-21(33-22(18)14-3-4-14)37-13-15-9-16(37)12-36(15)2/h5-6,10-11,14-16H,3-4,7-9,12-13H2,1-2H3,(H,31,32,34)/t15-,16-/m1/s1. The maximum atomic E-state index is 14.1. The Hall–Kier alpha value is -3.30. The van der Waals surface area contributed by atoms with Crippen molar-refractivity contribution in [1.82, 2.24) is 24.8 Å². The fraction of sp³-hybridized carbons (Fsp3) is 0.481. The predicted octanol–water partition coefficient (Wildman–Crippen LogP) is 3.99. The number of fused-ring (bicyclic) bond motifs is 3. The van der Waals surface area contributed by atoms with Crippen molar-refractivity contribution in [1.29, 1.82) is 0 Å². The molecule has 1 saturated carbocycles. The van der Waals surface area contributed by atoms with Gasteiger partial charge >= 0.3 is 6.18 Å². The molecule has 3 aliphatic heterocycles. The Labute approximate surface area is 244 Å². The van der Waals surface area contributed by atoms with E-state index in [0.29, 0.717) is 35.3 Å². The molecular formula is C27H28F3N7O3S2. The topological polar surface area (TPSA) is 112 Å². The number of hydrogen-bond acceptors (Lipinski definition) is 10. The monoisotopic (exact) mass is 619 g/mol. The van der Waals surface area contributed by atoms with E-state index in [1.165, 1.54) is 11.9 Å². The molecule has 15 heteroatoms. The number of hydrogen-bond donors (Lipinski definition) is 1. The predicted molar refractivity (Wildman–Crippen MR) is 151 cm³/mol. The average molecular weight is 620 g/mol. The zero-order valence-electron chi connectivity index (χ0n) is 22.8. The number of anilines is 3. The second-order valence-electron chi connectivity index (χ2n) is 11.4. The molecule has 222 valence electrons. The minimum atomic E-state index is -4.81. The van der Waals surface area contributed by atoms with Gasteiger partial charge in [0.15, 0.2) is 9.84 Å². The first-order valence-electron chi connectivity index (χ1n) is 13.7. The fourth-order valence-corrected chi connectivity index (χ4v) is 9.05. The van der Waals surface area contributed by atoms with E-state index in [0.717, 1.165) is 49.9 Å². The molecule has 0 radical (unpaired) electrons. The van der Waals surface area contributed by atoms with Gasteiger partial charge < -0.3 is 15.1 Å². The van der Waals surface area contributed by atoms with Gasteiger partial charge in [0.2, 0.25) is 5.95 Å². The molecule has 1 aliphatic carbocycles. The van der Waals surface area contributed by atoms with Crippen molar-refractivity contribution >= 4 is 44.5 Å². The van der Waals surface area contributed by atoms with Crippen molar-refractivity contribution < 1.29 is 26.4 Å². The molecule has 3 aromatic heterocycles. The van der Waals surface area contributed by atoms with Crippen LogP contribution in [0.2, 0.25) is 0 Å². The third-order valence-corrected chi connectivity index (χ3v) is 11.5. The Morgan fingerprint density at radius 2 is 1.88 bits per heavy atom. The second-order valence-corrected chi connectivity index (χ2v) is 14.6. The Bertz CT molecular complexity index is 1710. The van der Waals surface area contributed by atoms with Crippen molar-refractivity contribution in [2.24, 2.45) is 0 Å². The number of likely N-dealkylation sites (tertiary alicyclic amines) is 1. The van der Waals surface area contributed by atoms with E-state index in [4.69, 9.17) is 4.98 Å². The number of nitrogens with zero attached hydrogens (tertiary/aromatic N) is 6. The highest BCUT2D eigenvalue weighted by Crippen LogP contribution is 2.45. The molecule has 10 nitrogen and oxygen atoms in total. The summed E-state index contributed by atoms with van der Waals surface area (Å²) in [7, 11) is -0.272. The lowest BCUT2D eigenvalue weighted by Gasteiger charge is -2.33. The Kier molecular flexibility index (Phi) is 6.30. The third-order valence-electron chi connectivity index (χ3n) is 8.53. The molecule has 6 heterocycles. The summed E-state index contributed by atoms with van der Waals surface area (Å²) in [6, 6.07) is 5.84. The zero-order chi connectivity index (χ0) is 29.6. The van der Waals surface area contributed by atoms with Crippen LogP contribution in [0.4, 0.5) is 30.6 Å². The summed E-state index contributed by atoms with van der Waals surface area (Å²) in [5.74, 6) is 0.189. The van der Waals surface area contributed by atoms with E-state index in [2.05, 4.69) is 32.1 Å². The van der Waals surface area contributed by atoms with Crippen LogP contribution < -0.4 is 10.2 Å². The van der Waals surface area contributed by atoms with Gasteiger partial charge in [-0.2, -0.15) is 13.2 Å². The molecule has 4 aliphatic rings. The molecule has 0 unspecified atom stereocenters. The van der Waals surface area contributed by atoms with Crippen molar-refractivity contribution in [2.75, 3.05) is 49.7 Å². The quantitative estimate of drug-likeness (QED) is 0.453. The van der Waals surface area contributed by atoms with Gasteiger partial charge in [-0.3, -0.25) is 9.69 Å². The van der Waals surface area contributed by atoms with Crippen molar-refractivity contribution in [3.8, 4) is 10.6 Å². The number of likely N-dealkylation sites (N-methyl/N-ethyl adjacent to an activating group) is 1. The van der Waals surface area contributed by atoms with Gasteiger partial charge in [-0.05, 0) is 44.5 Å². The average Bonchev–Trinajstić information content (AvgIpc) is 3.40. The lowest BCUT2D eigenvalue weighted by Crippen LogP contribution is -2.44. The highest BCUT2D eigenvalue weighted by atomic mass is 32.2. The number of carbonyl (C=O) groups is 1. The number of pyridine rings is 1. The van der Waals surface area contributed by atoms with E-state index < -0.39 is 33.2 Å². The second kappa shape index (κ2) is 9.61. The number of aromatic nitrogens is 3. The van der Waals surface area contributed by atoms with Crippen LogP contribution in [0, 0.1) is 0 Å². The van der Waals surface area contributed by atoms with Crippen LogP contribution in [0.25, 0.3) is 10.6 Å². The fourth-order valence-electron chi connectivity index (χ4n) is 6.02. The van der Waals surface area contributed by atoms with E-state index in [9.17, 15) is 26.4 Å². The van der Waals surface area contributed by atoms with Crippen molar-refractivity contribution in [2.45, 2.75) is 48.3 Å². The van der Waals surface area contributed by atoms with Gasteiger partial charge in [0.25, 0.3) is 5.91 Å². The Balaban J connectivity index is 1.25. The van der Waals surface area contributed by atoms with Gasteiger partial charge in [0.05, 0.1) is 32.6 Å². The van der Waals surface area contributed by atoms with E-state index in [1.54, 1.807) is 0 Å². The van der Waals surface area contributed by atoms with Gasteiger partial charge in [-0.1, -0.05) is 0 Å². The van der Waals surface area contributed by atoms with Crippen LogP contribution in [0.3, 0.4) is 0 Å². The van der Waals surface area contributed by atoms with Crippen LogP contribution in [-0.2, 0) is 16.0 Å². The van der Waals surface area contributed by atoms with Crippen LogP contribution in [-0.4, -0.2) is 90.6 Å². The van der Waals surface area contributed by atoms with Crippen LogP contribution in [0.5, 0.6) is 0 Å². The van der Waals surface area contributed by atoms with E-state index in [-0.39, 0.29) is 38.8 Å². The van der Waals surface area contributed by atoms with E-state index >= 15 is 0 Å². The maximum Gasteiger partial charge on any atom is 0.420 e. The number of sulfone groups is 1. The van der Waals surface area contributed by atoms with Crippen LogP contribution in [0.15, 0.2) is 29.3 Å². The first-order valence-corrected chi connectivity index (χ1v) is 16.2. The number of rotatable bonds is 5. The minimum absolute atomic E-state index is 0.000521. The number of amides is 1. The number of halogens is 3. The number of carbonyl (C=O) groups excluding carboxylic acids is 1. The van der Waals surface area contributed by atoms with Crippen molar-refractivity contribution in [3.63, 3.8) is 0 Å². The first kappa shape index (κ1) is 27.5. The number of alkyl halides is 3. The summed E-state index contributed by atoms with van der Waals surface area (Å²) in [6.45, 7) is 1.90. The highest BCUT2D eigenvalue weighted by Gasteiger charge is 2.43. The molecule has 2 saturated heterocycles. The summed E-state index contributed by atoms with van der Waals surface area (Å²) < 4.78 is 68.0. The molecule has 2 bridgehead atoms. The minimum Gasteiger partial charge on any atom is -0.351 e. The van der Waals surface area contributed by atoms with Crippen molar-refractivity contribution in [3.05, 3.63) is 40.5 Å². The SMILES string of the molecule is CN1CCS(=O)(=O)c2cc(-c3nc(Nc4ccc(N5C[C@H]6C[C@@H]5CN6C)nc4C4CC4)ncc3C(F)(F)F)sc2C1=O. The molecule has 42 heavy (non-hydrogen) atoms. The van der Waals surface area contributed by atoms with Crippen LogP contribution in [0.1, 0.15) is 46.1 Å². The Morgan fingerprint density at radius 3 is 2.55 bits per heavy atom. The molecule has 3 aromatic rings. The summed E-state index contributed by atoms with van der Waals surface area (Å²) >= 11 is 0.692. The van der Waals surface area contributed by atoms with Gasteiger partial charge in [0, 0.05) is 50.9 Å². The molecule has 0 aromatic carbocycles. The largest absolute Gasteiger partial charge is 0.420 e. The molecule has 1 N–H and O–H groups in total. The van der Waals surface area contributed by atoms with Crippen LogP contribution >= 0.6 is 11.3 Å². The first-order chi connectivity index (χ1) is 19.9. The molecule has 2 atom stereocenters. The summed E-state index contributed by atoms with van der Waals surface area (Å²) in [5, 5.41) is 3.08. The molecule has 1 amide bonds. The summed E-state index contributed by atoms with van der Waals surface area (Å²) in [6.07, 6.45) is -1.07. The number of piperazine rings is 1. The summed E-state index contributed by atoms with van der Waals surface area (Å²) in [4.78, 5) is 31.5. The maximum absolute atomic E-state index is 14.1. The van der Waals surface area contributed by atoms with Gasteiger partial charge in [-0.15, -0.1) is 11.3 Å². The lowest BCUT2D eigenvalue weighted by molar-refractivity contribution is -0.137. The van der Waals surface area contributed by atoms with Gasteiger partial charge in [0.1, 0.15) is 16.3 Å². The number of nitrogens with one attached hydrogen (secondary N) is 1. The highest BCUT2D eigenvalue weighted by molar-refractivity contribution is 7.91. The molecule has 7 rings (SSSR count). The van der Waals surface area contributed by atoms with Gasteiger partial charge in [-0.25, -0.2) is 23.4 Å². The van der Waals surface area contributed by atoms with E-state index in [1.807, 2.05) is 12.1 Å². The normalized spacial score (nSPS) is 23.8. The number of thiophene rings is 1. The molecular weight excluding hydrogens is 591 g/mol. The lowest BCUT2D eigenvalue weighted by atomic mass is 10.2. The third kappa shape index (κ3) is 4.71. The Morgan fingerprint density at radius 1 is 1.10 bits per heavy atom. The smallest absolute Gasteiger partial charge is 0.351 e. The molecule has 0 spiro atoms. The zero-order valence-corrected chi connectivity index (χ0v) is 24.5. The summed E-state index contributed by atoms with van der Waals surface area (Å²) in [5.41, 5.74) is -0.155. The molecule has 3 fully saturated rings.